The molecule has 1 aliphatic heterocycles. The van der Waals surface area contributed by atoms with E-state index in [-0.39, 0.29) is 11.7 Å². The second-order valence-electron chi connectivity index (χ2n) is 7.07. The molecule has 144 valence electrons. The average molecular weight is 371 g/mol. The molecule has 0 spiro atoms. The molecule has 1 amide bonds. The van der Waals surface area contributed by atoms with Crippen molar-refractivity contribution in [3.8, 4) is 11.6 Å². The Hall–Kier alpha value is -2.47. The monoisotopic (exact) mass is 371 g/mol. The number of carbonyl (C=O) groups is 1. The van der Waals surface area contributed by atoms with Gasteiger partial charge in [0.1, 0.15) is 11.6 Å². The summed E-state index contributed by atoms with van der Waals surface area (Å²) < 4.78 is 19.0. The second kappa shape index (κ2) is 9.46. The predicted octanol–water partition coefficient (Wildman–Crippen LogP) is 3.66. The molecule has 2 N–H and O–H groups in total. The van der Waals surface area contributed by atoms with Gasteiger partial charge in [-0.2, -0.15) is 0 Å². The molecular weight excluding hydrogens is 345 g/mol. The summed E-state index contributed by atoms with van der Waals surface area (Å²) in [6, 6.07) is 9.54. The lowest BCUT2D eigenvalue weighted by atomic mass is 9.84. The third-order valence-corrected chi connectivity index (χ3v) is 5.03. The number of pyridine rings is 1. The first kappa shape index (κ1) is 19.3. The van der Waals surface area contributed by atoms with Gasteiger partial charge in [-0.05, 0) is 56.0 Å². The minimum atomic E-state index is -0.370. The van der Waals surface area contributed by atoms with Crippen LogP contribution in [0, 0.1) is 17.7 Å². The Labute approximate surface area is 159 Å². The van der Waals surface area contributed by atoms with Crippen molar-refractivity contribution in [2.45, 2.75) is 32.7 Å². The van der Waals surface area contributed by atoms with Crippen LogP contribution in [0.15, 0.2) is 42.6 Å². The molecule has 1 atom stereocenters. The average Bonchev–Trinajstić information content (AvgIpc) is 2.68. The van der Waals surface area contributed by atoms with Gasteiger partial charge in [0.2, 0.25) is 11.8 Å². The van der Waals surface area contributed by atoms with Crippen LogP contribution in [-0.4, -0.2) is 24.0 Å². The minimum Gasteiger partial charge on any atom is -0.439 e. The zero-order valence-electron chi connectivity index (χ0n) is 15.6. The van der Waals surface area contributed by atoms with Crippen molar-refractivity contribution >= 4 is 5.91 Å². The van der Waals surface area contributed by atoms with Crippen LogP contribution in [0.2, 0.25) is 0 Å². The molecule has 0 aliphatic carbocycles. The fraction of sp³-hybridized carbons (Fsp3) is 0.429. The topological polar surface area (TPSA) is 63.2 Å². The van der Waals surface area contributed by atoms with E-state index < -0.39 is 0 Å². The highest BCUT2D eigenvalue weighted by Crippen LogP contribution is 2.25. The molecular formula is C21H26FN3O2. The van der Waals surface area contributed by atoms with Crippen LogP contribution in [0.4, 0.5) is 4.39 Å². The van der Waals surface area contributed by atoms with Crippen LogP contribution in [0.1, 0.15) is 31.7 Å². The number of halogens is 1. The summed E-state index contributed by atoms with van der Waals surface area (Å²) in [5.41, 5.74) is 0.754. The van der Waals surface area contributed by atoms with Gasteiger partial charge in [0.25, 0.3) is 0 Å². The third kappa shape index (κ3) is 5.76. The zero-order chi connectivity index (χ0) is 19.1. The van der Waals surface area contributed by atoms with Gasteiger partial charge in [0.05, 0.1) is 0 Å². The molecule has 0 radical (unpaired) electrons. The first-order valence-corrected chi connectivity index (χ1v) is 9.46. The fourth-order valence-electron chi connectivity index (χ4n) is 3.43. The SMILES string of the molecule is CC(CC(=O)NCc1cccnc1Oc1cccc(F)c1)C1CCNCC1. The minimum absolute atomic E-state index is 0.0293. The van der Waals surface area contributed by atoms with Crippen molar-refractivity contribution in [2.24, 2.45) is 11.8 Å². The number of rotatable bonds is 7. The molecule has 2 aromatic rings. The van der Waals surface area contributed by atoms with E-state index in [0.717, 1.165) is 31.5 Å². The van der Waals surface area contributed by atoms with Gasteiger partial charge in [-0.3, -0.25) is 4.79 Å². The highest BCUT2D eigenvalue weighted by molar-refractivity contribution is 5.76. The highest BCUT2D eigenvalue weighted by atomic mass is 19.1. The van der Waals surface area contributed by atoms with E-state index in [1.54, 1.807) is 24.4 Å². The largest absolute Gasteiger partial charge is 0.439 e. The Morgan fingerprint density at radius 3 is 2.93 bits per heavy atom. The Bertz CT molecular complexity index is 763. The maximum Gasteiger partial charge on any atom is 0.224 e. The Morgan fingerprint density at radius 1 is 1.33 bits per heavy atom. The quantitative estimate of drug-likeness (QED) is 0.780. The Morgan fingerprint density at radius 2 is 2.15 bits per heavy atom. The molecule has 1 unspecified atom stereocenters. The summed E-state index contributed by atoms with van der Waals surface area (Å²) in [4.78, 5) is 16.6. The van der Waals surface area contributed by atoms with Gasteiger partial charge in [-0.25, -0.2) is 9.37 Å². The van der Waals surface area contributed by atoms with Crippen molar-refractivity contribution in [1.82, 2.24) is 15.6 Å². The van der Waals surface area contributed by atoms with E-state index >= 15 is 0 Å². The van der Waals surface area contributed by atoms with Crippen LogP contribution in [0.5, 0.6) is 11.6 Å². The van der Waals surface area contributed by atoms with Crippen molar-refractivity contribution in [3.63, 3.8) is 0 Å². The number of piperidine rings is 1. The lowest BCUT2D eigenvalue weighted by Crippen LogP contribution is -2.33. The van der Waals surface area contributed by atoms with E-state index in [4.69, 9.17) is 4.74 Å². The molecule has 1 aromatic heterocycles. The van der Waals surface area contributed by atoms with Crippen LogP contribution < -0.4 is 15.4 Å². The van der Waals surface area contributed by atoms with Gasteiger partial charge in [-0.15, -0.1) is 0 Å². The third-order valence-electron chi connectivity index (χ3n) is 5.03. The number of hydrogen-bond donors (Lipinski definition) is 2. The number of nitrogens with zero attached hydrogens (tertiary/aromatic N) is 1. The fourth-order valence-corrected chi connectivity index (χ4v) is 3.43. The number of carbonyl (C=O) groups excluding carboxylic acids is 1. The molecule has 1 aromatic carbocycles. The molecule has 1 fully saturated rings. The standard InChI is InChI=1S/C21H26FN3O2/c1-15(16-7-10-23-11-8-16)12-20(26)25-14-17-4-3-9-24-21(17)27-19-6-2-5-18(22)13-19/h2-6,9,13,15-16,23H,7-8,10-12,14H2,1H3,(H,25,26). The smallest absolute Gasteiger partial charge is 0.224 e. The first-order valence-electron chi connectivity index (χ1n) is 9.46. The molecule has 2 heterocycles. The van der Waals surface area contributed by atoms with Crippen LogP contribution >= 0.6 is 0 Å². The number of aromatic nitrogens is 1. The van der Waals surface area contributed by atoms with Crippen LogP contribution in [0.25, 0.3) is 0 Å². The van der Waals surface area contributed by atoms with Crippen LogP contribution in [-0.2, 0) is 11.3 Å². The van der Waals surface area contributed by atoms with Gasteiger partial charge in [-0.1, -0.05) is 19.1 Å². The van der Waals surface area contributed by atoms with Crippen LogP contribution in [0.3, 0.4) is 0 Å². The van der Waals surface area contributed by atoms with Gasteiger partial charge < -0.3 is 15.4 Å². The number of amides is 1. The summed E-state index contributed by atoms with van der Waals surface area (Å²) in [5, 5.41) is 6.31. The van der Waals surface area contributed by atoms with E-state index in [1.165, 1.54) is 12.1 Å². The van der Waals surface area contributed by atoms with E-state index in [0.29, 0.717) is 36.4 Å². The lowest BCUT2D eigenvalue weighted by Gasteiger charge is -2.27. The van der Waals surface area contributed by atoms with Gasteiger partial charge >= 0.3 is 0 Å². The molecule has 6 heteroatoms. The summed E-state index contributed by atoms with van der Waals surface area (Å²) in [7, 11) is 0. The number of hydrogen-bond acceptors (Lipinski definition) is 4. The number of benzene rings is 1. The van der Waals surface area contributed by atoms with Crippen molar-refractivity contribution in [1.29, 1.82) is 0 Å². The highest BCUT2D eigenvalue weighted by Gasteiger charge is 2.22. The summed E-state index contributed by atoms with van der Waals surface area (Å²) in [5.74, 6) is 1.37. The number of ether oxygens (including phenoxy) is 1. The lowest BCUT2D eigenvalue weighted by molar-refractivity contribution is -0.122. The van der Waals surface area contributed by atoms with E-state index in [2.05, 4.69) is 22.5 Å². The zero-order valence-corrected chi connectivity index (χ0v) is 15.6. The predicted molar refractivity (Wildman–Crippen MR) is 102 cm³/mol. The molecule has 5 nitrogen and oxygen atoms in total. The van der Waals surface area contributed by atoms with Crippen molar-refractivity contribution in [2.75, 3.05) is 13.1 Å². The summed E-state index contributed by atoms with van der Waals surface area (Å²) >= 11 is 0. The molecule has 0 bridgehead atoms. The molecule has 1 aliphatic rings. The van der Waals surface area contributed by atoms with Gasteiger partial charge in [0.15, 0.2) is 0 Å². The van der Waals surface area contributed by atoms with Crippen molar-refractivity contribution in [3.05, 3.63) is 54.0 Å². The maximum absolute atomic E-state index is 13.3. The Kier molecular flexibility index (Phi) is 6.76. The first-order chi connectivity index (χ1) is 13.1. The normalized spacial score (nSPS) is 15.9. The number of nitrogens with one attached hydrogen (secondary N) is 2. The molecule has 0 saturated carbocycles. The maximum atomic E-state index is 13.3. The van der Waals surface area contributed by atoms with Crippen molar-refractivity contribution < 1.29 is 13.9 Å². The summed E-state index contributed by atoms with van der Waals surface area (Å²) in [6.07, 6.45) is 4.38. The molecule has 27 heavy (non-hydrogen) atoms. The van der Waals surface area contributed by atoms with Gasteiger partial charge in [0, 0.05) is 30.8 Å². The summed E-state index contributed by atoms with van der Waals surface area (Å²) in [6.45, 7) is 4.55. The molecule has 1 saturated heterocycles. The Balaban J connectivity index is 1.55. The second-order valence-corrected chi connectivity index (χ2v) is 7.07. The van der Waals surface area contributed by atoms with E-state index in [9.17, 15) is 9.18 Å². The van der Waals surface area contributed by atoms with E-state index in [1.807, 2.05) is 6.07 Å². The molecule has 3 rings (SSSR count).